The number of anilines is 1. The molecule has 2 atom stereocenters. The number of hydrogen-bond acceptors (Lipinski definition) is 4. The van der Waals surface area contributed by atoms with Gasteiger partial charge in [0.2, 0.25) is 0 Å². The Morgan fingerprint density at radius 3 is 2.25 bits per heavy atom. The van der Waals surface area contributed by atoms with E-state index >= 15 is 0 Å². The van der Waals surface area contributed by atoms with Crippen LogP contribution >= 0.6 is 15.9 Å². The fourth-order valence-electron chi connectivity index (χ4n) is 5.37. The van der Waals surface area contributed by atoms with Crippen molar-refractivity contribution in [3.8, 4) is 22.6 Å². The highest BCUT2D eigenvalue weighted by Gasteiger charge is 2.44. The molecular formula is C35H34BrN3O4Si. The molecule has 224 valence electrons. The van der Waals surface area contributed by atoms with Crippen LogP contribution in [0.5, 0.6) is 0 Å². The zero-order valence-electron chi connectivity index (χ0n) is 25.4. The predicted octanol–water partition coefficient (Wildman–Crippen LogP) is 7.01. The van der Waals surface area contributed by atoms with Crippen LogP contribution in [0, 0.1) is 11.5 Å². The summed E-state index contributed by atoms with van der Waals surface area (Å²) in [4.78, 5) is 44.3. The van der Waals surface area contributed by atoms with Gasteiger partial charge in [-0.3, -0.25) is 9.59 Å². The van der Waals surface area contributed by atoms with E-state index in [-0.39, 0.29) is 5.91 Å². The lowest BCUT2D eigenvalue weighted by atomic mass is 9.87. The molecule has 0 radical (unpaired) electrons. The quantitative estimate of drug-likeness (QED) is 0.104. The summed E-state index contributed by atoms with van der Waals surface area (Å²) in [5.74, 6) is 1.76. The van der Waals surface area contributed by atoms with Crippen molar-refractivity contribution in [2.75, 3.05) is 12.4 Å². The molecule has 9 heteroatoms. The number of methoxy groups -OCH3 is 1. The second-order valence-electron chi connectivity index (χ2n) is 12.0. The van der Waals surface area contributed by atoms with E-state index < -0.39 is 32.0 Å². The number of benzene rings is 3. The van der Waals surface area contributed by atoms with E-state index in [9.17, 15) is 14.4 Å². The molecule has 2 unspecified atom stereocenters. The molecule has 3 aromatic carbocycles. The lowest BCUT2D eigenvalue weighted by Crippen LogP contribution is -2.51. The lowest BCUT2D eigenvalue weighted by molar-refractivity contribution is -0.153. The molecule has 7 nitrogen and oxygen atoms in total. The van der Waals surface area contributed by atoms with Crippen LogP contribution < -0.4 is 5.32 Å². The van der Waals surface area contributed by atoms with Gasteiger partial charge in [-0.05, 0) is 65.4 Å². The fourth-order valence-corrected chi connectivity index (χ4v) is 6.21. The SMILES string of the molecule is C=C(C)C(=O)Nc1ccc(-c2ccc(C3c4[nH]c5ccc(Br)cc5c4CC(C(=O)OC)N3C(=O)C#C[Si](C)(C)C)cc2)cc1. The number of nitrogens with one attached hydrogen (secondary N) is 2. The first kappa shape index (κ1) is 31.0. The molecule has 1 aliphatic rings. The average molecular weight is 669 g/mol. The van der Waals surface area contributed by atoms with E-state index in [1.165, 1.54) is 7.11 Å². The highest BCUT2D eigenvalue weighted by molar-refractivity contribution is 9.10. The van der Waals surface area contributed by atoms with E-state index in [1.54, 1.807) is 11.8 Å². The standard InChI is InChI=1S/C35H34BrN3O4Si/c1-21(2)34(41)37-26-14-11-23(12-15-26)22-7-9-24(10-8-22)33-32-28(27-19-25(36)13-16-29(27)38-32)20-30(35(42)43-3)39(33)31(40)17-18-44(4,5)6/h7-16,19,30,33,38H,1,20H2,2-6H3,(H,37,41). The number of hydrogen-bond donors (Lipinski definition) is 2. The number of rotatable bonds is 5. The number of halogens is 1. The van der Waals surface area contributed by atoms with Gasteiger partial charge in [0.1, 0.15) is 14.1 Å². The molecule has 2 amide bonds. The first-order valence-corrected chi connectivity index (χ1v) is 18.6. The molecule has 44 heavy (non-hydrogen) atoms. The van der Waals surface area contributed by atoms with Gasteiger partial charge >= 0.3 is 5.97 Å². The number of aromatic nitrogens is 1. The molecule has 1 aliphatic heterocycles. The average Bonchev–Trinajstić information content (AvgIpc) is 3.36. The Hall–Kier alpha value is -4.39. The van der Waals surface area contributed by atoms with Crippen LogP contribution in [0.25, 0.3) is 22.0 Å². The Kier molecular flexibility index (Phi) is 8.68. The van der Waals surface area contributed by atoms with E-state index in [0.29, 0.717) is 17.7 Å². The van der Waals surface area contributed by atoms with Crippen LogP contribution in [0.3, 0.4) is 0 Å². The summed E-state index contributed by atoms with van der Waals surface area (Å²) in [6.07, 6.45) is 0.307. The van der Waals surface area contributed by atoms with Crippen LogP contribution in [0.1, 0.15) is 29.8 Å². The molecule has 0 aliphatic carbocycles. The maximum atomic E-state index is 13.9. The minimum absolute atomic E-state index is 0.225. The summed E-state index contributed by atoms with van der Waals surface area (Å²) in [7, 11) is -0.530. The summed E-state index contributed by atoms with van der Waals surface area (Å²) in [5.41, 5.74) is 9.80. The number of amides is 2. The second-order valence-corrected chi connectivity index (χ2v) is 17.7. The molecule has 0 fully saturated rings. The summed E-state index contributed by atoms with van der Waals surface area (Å²) >= 11 is 3.58. The van der Waals surface area contributed by atoms with Gasteiger partial charge in [-0.25, -0.2) is 4.79 Å². The van der Waals surface area contributed by atoms with Gasteiger partial charge in [0.25, 0.3) is 11.8 Å². The van der Waals surface area contributed by atoms with Gasteiger partial charge in [0.05, 0.1) is 13.2 Å². The number of H-pyrrole nitrogens is 1. The van der Waals surface area contributed by atoms with E-state index in [4.69, 9.17) is 4.74 Å². The molecule has 1 aromatic heterocycles. The Morgan fingerprint density at radius 1 is 1.02 bits per heavy atom. The molecule has 2 N–H and O–H groups in total. The van der Waals surface area contributed by atoms with Crippen molar-refractivity contribution in [2.45, 2.75) is 45.1 Å². The highest BCUT2D eigenvalue weighted by Crippen LogP contribution is 2.42. The van der Waals surface area contributed by atoms with Crippen molar-refractivity contribution >= 4 is 58.4 Å². The van der Waals surface area contributed by atoms with Gasteiger partial charge < -0.3 is 19.9 Å². The number of esters is 1. The van der Waals surface area contributed by atoms with Gasteiger partial charge in [0, 0.05) is 38.8 Å². The number of fused-ring (bicyclic) bond motifs is 3. The van der Waals surface area contributed by atoms with Crippen LogP contribution in [-0.4, -0.2) is 48.9 Å². The lowest BCUT2D eigenvalue weighted by Gasteiger charge is -2.40. The smallest absolute Gasteiger partial charge is 0.328 e. The van der Waals surface area contributed by atoms with Crippen molar-refractivity contribution in [1.82, 2.24) is 9.88 Å². The fraction of sp³-hybridized carbons (Fsp3) is 0.229. The van der Waals surface area contributed by atoms with Crippen molar-refractivity contribution in [3.05, 3.63) is 100 Å². The van der Waals surface area contributed by atoms with Crippen molar-refractivity contribution in [1.29, 1.82) is 0 Å². The predicted molar refractivity (Wildman–Crippen MR) is 181 cm³/mol. The number of carbonyl (C=O) groups excluding carboxylic acids is 3. The zero-order chi connectivity index (χ0) is 31.8. The number of aromatic amines is 1. The van der Waals surface area contributed by atoms with E-state index in [0.717, 1.165) is 43.3 Å². The Balaban J connectivity index is 1.60. The molecule has 0 spiro atoms. The number of carbonyl (C=O) groups is 3. The van der Waals surface area contributed by atoms with Crippen molar-refractivity contribution in [3.63, 3.8) is 0 Å². The van der Waals surface area contributed by atoms with Crippen LogP contribution in [0.4, 0.5) is 5.69 Å². The topological polar surface area (TPSA) is 91.5 Å². The summed E-state index contributed by atoms with van der Waals surface area (Å²) in [6, 6.07) is 20.1. The maximum absolute atomic E-state index is 13.9. The Morgan fingerprint density at radius 2 is 1.66 bits per heavy atom. The largest absolute Gasteiger partial charge is 0.467 e. The number of ether oxygens (including phenoxy) is 1. The van der Waals surface area contributed by atoms with Crippen molar-refractivity contribution < 1.29 is 19.1 Å². The van der Waals surface area contributed by atoms with Gasteiger partial charge in [-0.1, -0.05) is 78.5 Å². The zero-order valence-corrected chi connectivity index (χ0v) is 28.0. The van der Waals surface area contributed by atoms with Crippen LogP contribution in [-0.2, 0) is 25.5 Å². The summed E-state index contributed by atoms with van der Waals surface area (Å²) < 4.78 is 6.15. The summed E-state index contributed by atoms with van der Waals surface area (Å²) in [5, 5.41) is 3.81. The first-order chi connectivity index (χ1) is 20.9. The second kappa shape index (κ2) is 12.3. The normalized spacial score (nSPS) is 16.0. The minimum atomic E-state index is -1.88. The third kappa shape index (κ3) is 6.42. The van der Waals surface area contributed by atoms with Crippen LogP contribution in [0.15, 0.2) is 83.4 Å². The maximum Gasteiger partial charge on any atom is 0.328 e. The van der Waals surface area contributed by atoms with Crippen LogP contribution in [0.2, 0.25) is 19.6 Å². The molecule has 0 bridgehead atoms. The molecule has 0 saturated heterocycles. The Bertz CT molecular complexity index is 1840. The number of nitrogens with zero attached hydrogens (tertiary/aromatic N) is 1. The third-order valence-electron chi connectivity index (χ3n) is 7.53. The molecule has 5 rings (SSSR count). The molecule has 4 aromatic rings. The van der Waals surface area contributed by atoms with E-state index in [2.05, 4.69) is 63.9 Å². The highest BCUT2D eigenvalue weighted by atomic mass is 79.9. The van der Waals surface area contributed by atoms with Crippen molar-refractivity contribution in [2.24, 2.45) is 0 Å². The third-order valence-corrected chi connectivity index (χ3v) is 8.90. The van der Waals surface area contributed by atoms with E-state index in [1.807, 2.05) is 66.7 Å². The molecule has 0 saturated carbocycles. The summed E-state index contributed by atoms with van der Waals surface area (Å²) in [6.45, 7) is 11.6. The Labute approximate surface area is 266 Å². The first-order valence-electron chi connectivity index (χ1n) is 14.3. The monoisotopic (exact) mass is 667 g/mol. The van der Waals surface area contributed by atoms with Gasteiger partial charge in [-0.2, -0.15) is 0 Å². The molecular weight excluding hydrogens is 634 g/mol. The molecule has 2 heterocycles. The van der Waals surface area contributed by atoms with Gasteiger partial charge in [-0.15, -0.1) is 5.54 Å². The van der Waals surface area contributed by atoms with Gasteiger partial charge in [0.15, 0.2) is 0 Å². The minimum Gasteiger partial charge on any atom is -0.467 e.